The third-order valence-corrected chi connectivity index (χ3v) is 4.61. The maximum Gasteiger partial charge on any atom is 0.329 e. The fraction of sp³-hybridized carbons (Fsp3) is 0.667. The first-order valence-corrected chi connectivity index (χ1v) is 8.44. The summed E-state index contributed by atoms with van der Waals surface area (Å²) < 4.78 is 10.4. The number of anilines is 1. The Kier molecular flexibility index (Phi) is 3.70. The zero-order valence-corrected chi connectivity index (χ0v) is 13.5. The first-order valence-electron chi connectivity index (χ1n) is 8.44. The molecule has 2 N–H and O–H groups in total. The quantitative estimate of drug-likeness (QED) is 0.863. The van der Waals surface area contributed by atoms with E-state index < -0.39 is 11.6 Å². The van der Waals surface area contributed by atoms with Gasteiger partial charge in [0.1, 0.15) is 5.54 Å². The maximum absolute atomic E-state index is 12.4. The molecule has 9 heteroatoms. The molecule has 0 spiro atoms. The van der Waals surface area contributed by atoms with E-state index in [0.717, 1.165) is 38.5 Å². The fourth-order valence-electron chi connectivity index (χ4n) is 3.10. The topological polar surface area (TPSA) is 119 Å². The number of aromatic nitrogens is 4. The third-order valence-electron chi connectivity index (χ3n) is 4.61. The van der Waals surface area contributed by atoms with Crippen LogP contribution in [0.15, 0.2) is 9.05 Å². The van der Waals surface area contributed by atoms with Crippen molar-refractivity contribution in [3.05, 3.63) is 17.5 Å². The number of carbonyl (C=O) groups is 1. The van der Waals surface area contributed by atoms with Crippen LogP contribution in [0.2, 0.25) is 0 Å². The number of carbonyl (C=O) groups excluding carboxylic acids is 1. The molecule has 0 radical (unpaired) electrons. The van der Waals surface area contributed by atoms with Gasteiger partial charge in [-0.25, -0.2) is 4.79 Å². The van der Waals surface area contributed by atoms with Gasteiger partial charge in [0.25, 0.3) is 0 Å². The molecule has 128 valence electrons. The lowest BCUT2D eigenvalue weighted by Gasteiger charge is -2.26. The molecule has 2 heterocycles. The van der Waals surface area contributed by atoms with Crippen molar-refractivity contribution in [2.24, 2.45) is 0 Å². The van der Waals surface area contributed by atoms with E-state index in [2.05, 4.69) is 30.9 Å². The number of nitrogens with zero attached hydrogens (tertiary/aromatic N) is 4. The maximum atomic E-state index is 12.4. The van der Waals surface area contributed by atoms with Crippen LogP contribution >= 0.6 is 0 Å². The minimum atomic E-state index is -0.589. The molecule has 9 nitrogen and oxygen atoms in total. The predicted molar refractivity (Wildman–Crippen MR) is 82.2 cm³/mol. The molecular formula is C15H20N6O3. The molecule has 2 amide bonds. The lowest BCUT2D eigenvalue weighted by molar-refractivity contribution is 0.231. The molecule has 24 heavy (non-hydrogen) atoms. The summed E-state index contributed by atoms with van der Waals surface area (Å²) in [6, 6.07) is -0.315. The molecule has 0 saturated heterocycles. The second-order valence-corrected chi connectivity index (χ2v) is 6.47. The fourth-order valence-corrected chi connectivity index (χ4v) is 3.10. The van der Waals surface area contributed by atoms with Gasteiger partial charge < -0.3 is 14.4 Å². The van der Waals surface area contributed by atoms with Gasteiger partial charge in [-0.1, -0.05) is 30.1 Å². The van der Waals surface area contributed by atoms with E-state index >= 15 is 0 Å². The Hall–Kier alpha value is -2.45. The van der Waals surface area contributed by atoms with E-state index in [1.807, 2.05) is 6.92 Å². The van der Waals surface area contributed by atoms with E-state index in [0.29, 0.717) is 29.9 Å². The molecule has 2 aromatic heterocycles. The van der Waals surface area contributed by atoms with Gasteiger partial charge in [0.15, 0.2) is 11.6 Å². The lowest BCUT2D eigenvalue weighted by atomic mass is 9.97. The standard InChI is InChI=1S/C15H20N6O3/c1-2-10-16-14(24-20-10)18-13(22)19-15(7-3-4-8-15)12-17-11(23-21-12)9-5-6-9/h9H,2-8H2,1H3,(H2,16,18,19,20,22). The van der Waals surface area contributed by atoms with Crippen LogP contribution in [0.25, 0.3) is 0 Å². The van der Waals surface area contributed by atoms with Crippen molar-refractivity contribution in [3.63, 3.8) is 0 Å². The van der Waals surface area contributed by atoms with Crippen molar-refractivity contribution in [3.8, 4) is 0 Å². The Labute approximate surface area is 138 Å². The minimum absolute atomic E-state index is 0.0873. The van der Waals surface area contributed by atoms with Crippen molar-refractivity contribution in [2.45, 2.75) is 63.3 Å². The van der Waals surface area contributed by atoms with Crippen LogP contribution < -0.4 is 10.6 Å². The van der Waals surface area contributed by atoms with Gasteiger partial charge in [-0.3, -0.25) is 5.32 Å². The van der Waals surface area contributed by atoms with E-state index in [9.17, 15) is 4.79 Å². The second-order valence-electron chi connectivity index (χ2n) is 6.47. The van der Waals surface area contributed by atoms with Gasteiger partial charge in [0.05, 0.1) is 0 Å². The molecule has 0 atom stereocenters. The van der Waals surface area contributed by atoms with Crippen LogP contribution in [0, 0.1) is 0 Å². The zero-order chi connectivity index (χ0) is 16.6. The Balaban J connectivity index is 1.48. The number of hydrogen-bond acceptors (Lipinski definition) is 7. The summed E-state index contributed by atoms with van der Waals surface area (Å²) in [6.07, 6.45) is 6.42. The van der Waals surface area contributed by atoms with E-state index in [1.54, 1.807) is 0 Å². The Morgan fingerprint density at radius 2 is 2.00 bits per heavy atom. The van der Waals surface area contributed by atoms with Gasteiger partial charge in [-0.05, 0) is 25.7 Å². The highest BCUT2D eigenvalue weighted by molar-refractivity contribution is 5.87. The number of amides is 2. The van der Waals surface area contributed by atoms with Crippen molar-refractivity contribution >= 4 is 12.0 Å². The molecule has 0 bridgehead atoms. The first kappa shape index (κ1) is 15.1. The van der Waals surface area contributed by atoms with Crippen LogP contribution in [-0.2, 0) is 12.0 Å². The van der Waals surface area contributed by atoms with E-state index in [1.165, 1.54) is 0 Å². The third kappa shape index (κ3) is 2.85. The van der Waals surface area contributed by atoms with Crippen molar-refractivity contribution in [2.75, 3.05) is 5.32 Å². The normalized spacial score (nSPS) is 19.4. The van der Waals surface area contributed by atoms with Crippen LogP contribution in [0.5, 0.6) is 0 Å². The molecule has 0 unspecified atom stereocenters. The van der Waals surface area contributed by atoms with Crippen molar-refractivity contribution in [1.29, 1.82) is 0 Å². The van der Waals surface area contributed by atoms with E-state index in [-0.39, 0.29) is 6.01 Å². The molecule has 2 aliphatic rings. The minimum Gasteiger partial charge on any atom is -0.339 e. The molecular weight excluding hydrogens is 312 g/mol. The van der Waals surface area contributed by atoms with Crippen LogP contribution in [0.3, 0.4) is 0 Å². The molecule has 0 aromatic carbocycles. The summed E-state index contributed by atoms with van der Waals surface area (Å²) >= 11 is 0. The highest BCUT2D eigenvalue weighted by atomic mass is 16.5. The summed E-state index contributed by atoms with van der Waals surface area (Å²) in [6.45, 7) is 1.91. The average Bonchev–Trinajstić information content (AvgIpc) is 3.00. The Bertz CT molecular complexity index is 729. The van der Waals surface area contributed by atoms with Crippen LogP contribution in [-0.4, -0.2) is 26.3 Å². The lowest BCUT2D eigenvalue weighted by Crippen LogP contribution is -2.46. The molecule has 2 saturated carbocycles. The average molecular weight is 332 g/mol. The molecule has 4 rings (SSSR count). The largest absolute Gasteiger partial charge is 0.339 e. The number of aryl methyl sites for hydroxylation is 1. The van der Waals surface area contributed by atoms with Gasteiger partial charge in [-0.15, -0.1) is 0 Å². The van der Waals surface area contributed by atoms with Gasteiger partial charge in [0.2, 0.25) is 5.89 Å². The number of rotatable bonds is 5. The number of nitrogens with one attached hydrogen (secondary N) is 2. The summed E-state index contributed by atoms with van der Waals surface area (Å²) in [5, 5.41) is 13.5. The number of hydrogen-bond donors (Lipinski definition) is 2. The first-order chi connectivity index (χ1) is 11.7. The van der Waals surface area contributed by atoms with Gasteiger partial charge >= 0.3 is 12.0 Å². The summed E-state index contributed by atoms with van der Waals surface area (Å²) in [5.74, 6) is 2.19. The SMILES string of the molecule is CCc1noc(NC(=O)NC2(c3noc(C4CC4)n3)CCCC2)n1. The Morgan fingerprint density at radius 3 is 2.67 bits per heavy atom. The van der Waals surface area contributed by atoms with Gasteiger partial charge in [-0.2, -0.15) is 9.97 Å². The summed E-state index contributed by atoms with van der Waals surface area (Å²) in [7, 11) is 0. The van der Waals surface area contributed by atoms with Crippen LogP contribution in [0.1, 0.15) is 68.9 Å². The second kappa shape index (κ2) is 5.88. The molecule has 0 aliphatic heterocycles. The molecule has 2 aromatic rings. The smallest absolute Gasteiger partial charge is 0.329 e. The van der Waals surface area contributed by atoms with Gasteiger partial charge in [0, 0.05) is 12.3 Å². The number of urea groups is 1. The highest BCUT2D eigenvalue weighted by Crippen LogP contribution is 2.42. The molecule has 2 aliphatic carbocycles. The predicted octanol–water partition coefficient (Wildman–Crippen LogP) is 2.48. The van der Waals surface area contributed by atoms with Crippen molar-refractivity contribution < 1.29 is 13.8 Å². The summed E-state index contributed by atoms with van der Waals surface area (Å²) in [5.41, 5.74) is -0.589. The highest BCUT2D eigenvalue weighted by Gasteiger charge is 2.43. The molecule has 2 fully saturated rings. The zero-order valence-electron chi connectivity index (χ0n) is 13.5. The monoisotopic (exact) mass is 332 g/mol. The Morgan fingerprint density at radius 1 is 1.21 bits per heavy atom. The summed E-state index contributed by atoms with van der Waals surface area (Å²) in [4.78, 5) is 21.0. The van der Waals surface area contributed by atoms with E-state index in [4.69, 9.17) is 9.05 Å². The van der Waals surface area contributed by atoms with Crippen molar-refractivity contribution in [1.82, 2.24) is 25.6 Å². The van der Waals surface area contributed by atoms with Crippen LogP contribution in [0.4, 0.5) is 10.8 Å².